The monoisotopic (exact) mass is 283 g/mol. The largest absolute Gasteiger partial charge is 0.469 e. The van der Waals surface area contributed by atoms with Gasteiger partial charge in [-0.05, 0) is 18.2 Å². The number of halogens is 2. The van der Waals surface area contributed by atoms with Crippen molar-refractivity contribution in [2.45, 2.75) is 12.8 Å². The molecule has 1 aromatic heterocycles. The summed E-state index contributed by atoms with van der Waals surface area (Å²) in [6, 6.07) is 3.24. The van der Waals surface area contributed by atoms with E-state index in [1.54, 1.807) is 5.38 Å². The van der Waals surface area contributed by atoms with Crippen LogP contribution in [0.15, 0.2) is 23.6 Å². The van der Waals surface area contributed by atoms with Crippen LogP contribution in [-0.4, -0.2) is 18.1 Å². The molecule has 0 fully saturated rings. The molecule has 0 aliphatic carbocycles. The second-order valence-electron chi connectivity index (χ2n) is 3.84. The van der Waals surface area contributed by atoms with Crippen molar-refractivity contribution in [1.29, 1.82) is 0 Å². The number of methoxy groups -OCH3 is 1. The van der Waals surface area contributed by atoms with Crippen molar-refractivity contribution in [3.05, 3.63) is 40.9 Å². The van der Waals surface area contributed by atoms with Crippen LogP contribution in [-0.2, 0) is 16.0 Å². The molecule has 0 spiro atoms. The molecule has 0 amide bonds. The van der Waals surface area contributed by atoms with E-state index in [1.165, 1.54) is 18.4 Å². The van der Waals surface area contributed by atoms with Gasteiger partial charge in [0.15, 0.2) is 0 Å². The van der Waals surface area contributed by atoms with Gasteiger partial charge in [0, 0.05) is 17.4 Å². The van der Waals surface area contributed by atoms with Gasteiger partial charge in [0.05, 0.1) is 19.2 Å². The first-order valence-electron chi connectivity index (χ1n) is 5.57. The topological polar surface area (TPSA) is 39.2 Å². The lowest BCUT2D eigenvalue weighted by Crippen LogP contribution is -2.01. The maximum Gasteiger partial charge on any atom is 0.305 e. The second-order valence-corrected chi connectivity index (χ2v) is 4.70. The van der Waals surface area contributed by atoms with E-state index in [1.807, 2.05) is 0 Å². The molecular weight excluding hydrogens is 272 g/mol. The molecule has 0 bridgehead atoms. The van der Waals surface area contributed by atoms with Crippen molar-refractivity contribution in [2.75, 3.05) is 7.11 Å². The molecule has 0 unspecified atom stereocenters. The molecule has 2 rings (SSSR count). The normalized spacial score (nSPS) is 10.5. The van der Waals surface area contributed by atoms with E-state index in [-0.39, 0.29) is 18.0 Å². The minimum Gasteiger partial charge on any atom is -0.469 e. The highest BCUT2D eigenvalue weighted by Gasteiger charge is 2.11. The molecule has 1 heterocycles. The number of hydrogen-bond acceptors (Lipinski definition) is 4. The number of thiazole rings is 1. The van der Waals surface area contributed by atoms with E-state index in [0.29, 0.717) is 17.1 Å². The van der Waals surface area contributed by atoms with Gasteiger partial charge >= 0.3 is 5.97 Å². The maximum atomic E-state index is 13.6. The number of esters is 1. The van der Waals surface area contributed by atoms with Gasteiger partial charge in [-0.25, -0.2) is 13.8 Å². The molecule has 19 heavy (non-hydrogen) atoms. The lowest BCUT2D eigenvalue weighted by Gasteiger charge is -1.99. The Balaban J connectivity index is 2.16. The fourth-order valence-electron chi connectivity index (χ4n) is 1.54. The Morgan fingerprint density at radius 1 is 1.42 bits per heavy atom. The number of nitrogens with zero attached hydrogens (tertiary/aromatic N) is 1. The highest BCUT2D eigenvalue weighted by atomic mass is 32.1. The lowest BCUT2D eigenvalue weighted by atomic mass is 10.2. The third kappa shape index (κ3) is 3.35. The number of carbonyl (C=O) groups is 1. The summed E-state index contributed by atoms with van der Waals surface area (Å²) in [5.74, 6) is -1.36. The molecule has 0 radical (unpaired) electrons. The molecule has 0 N–H and O–H groups in total. The Kier molecular flexibility index (Phi) is 4.21. The average molecular weight is 283 g/mol. The van der Waals surface area contributed by atoms with E-state index in [4.69, 9.17) is 0 Å². The van der Waals surface area contributed by atoms with Crippen molar-refractivity contribution >= 4 is 17.3 Å². The molecule has 0 atom stereocenters. The van der Waals surface area contributed by atoms with Gasteiger partial charge in [0.25, 0.3) is 0 Å². The Morgan fingerprint density at radius 2 is 2.21 bits per heavy atom. The van der Waals surface area contributed by atoms with Crippen molar-refractivity contribution in [3.63, 3.8) is 0 Å². The first-order chi connectivity index (χ1) is 9.10. The first-order valence-corrected chi connectivity index (χ1v) is 6.44. The van der Waals surface area contributed by atoms with E-state index in [9.17, 15) is 13.6 Å². The zero-order valence-corrected chi connectivity index (χ0v) is 11.0. The van der Waals surface area contributed by atoms with Gasteiger partial charge in [-0.15, -0.1) is 11.3 Å². The van der Waals surface area contributed by atoms with Crippen LogP contribution >= 0.6 is 11.3 Å². The number of carbonyl (C=O) groups excluding carboxylic acids is 1. The van der Waals surface area contributed by atoms with Gasteiger partial charge < -0.3 is 4.74 Å². The molecule has 2 aromatic rings. The zero-order chi connectivity index (χ0) is 13.8. The fraction of sp³-hybridized carbons (Fsp3) is 0.231. The Labute approximate surface area is 112 Å². The molecule has 100 valence electrons. The number of ether oxygens (including phenoxy) is 1. The first kappa shape index (κ1) is 13.6. The van der Waals surface area contributed by atoms with Crippen LogP contribution in [0.25, 0.3) is 10.6 Å². The molecule has 3 nitrogen and oxygen atoms in total. The SMILES string of the molecule is COC(=O)CCc1csc(-c2cc(F)ccc2F)n1. The maximum absolute atomic E-state index is 13.6. The molecule has 0 saturated heterocycles. The molecule has 6 heteroatoms. The minimum atomic E-state index is -0.518. The van der Waals surface area contributed by atoms with Crippen LogP contribution in [0.5, 0.6) is 0 Å². The third-order valence-electron chi connectivity index (χ3n) is 2.52. The average Bonchev–Trinajstić information content (AvgIpc) is 2.87. The van der Waals surface area contributed by atoms with E-state index in [0.717, 1.165) is 18.2 Å². The number of aryl methyl sites for hydroxylation is 1. The number of rotatable bonds is 4. The van der Waals surface area contributed by atoms with Crippen molar-refractivity contribution in [2.24, 2.45) is 0 Å². The van der Waals surface area contributed by atoms with Crippen molar-refractivity contribution < 1.29 is 18.3 Å². The standard InChI is InChI=1S/C13H11F2NO2S/c1-18-12(17)5-3-9-7-19-13(16-9)10-6-8(14)2-4-11(10)15/h2,4,6-7H,3,5H2,1H3. The summed E-state index contributed by atoms with van der Waals surface area (Å²) < 4.78 is 31.2. The number of hydrogen-bond donors (Lipinski definition) is 0. The van der Waals surface area contributed by atoms with Crippen LogP contribution < -0.4 is 0 Å². The van der Waals surface area contributed by atoms with Crippen LogP contribution in [0.3, 0.4) is 0 Å². The van der Waals surface area contributed by atoms with Crippen LogP contribution in [0.2, 0.25) is 0 Å². The highest BCUT2D eigenvalue weighted by Crippen LogP contribution is 2.27. The van der Waals surface area contributed by atoms with E-state index < -0.39 is 11.6 Å². The summed E-state index contributed by atoms with van der Waals surface area (Å²) in [6.07, 6.45) is 0.630. The highest BCUT2D eigenvalue weighted by molar-refractivity contribution is 7.13. The molecule has 0 aliphatic rings. The predicted octanol–water partition coefficient (Wildman–Crippen LogP) is 3.19. The van der Waals surface area contributed by atoms with E-state index >= 15 is 0 Å². The molecule has 1 aromatic carbocycles. The summed E-state index contributed by atoms with van der Waals surface area (Å²) in [5, 5.41) is 2.12. The predicted molar refractivity (Wildman–Crippen MR) is 67.8 cm³/mol. The van der Waals surface area contributed by atoms with Gasteiger partial charge in [-0.2, -0.15) is 0 Å². The van der Waals surface area contributed by atoms with Gasteiger partial charge in [-0.1, -0.05) is 0 Å². The smallest absolute Gasteiger partial charge is 0.305 e. The lowest BCUT2D eigenvalue weighted by molar-refractivity contribution is -0.140. The van der Waals surface area contributed by atoms with Crippen LogP contribution in [0.4, 0.5) is 8.78 Å². The Morgan fingerprint density at radius 3 is 2.95 bits per heavy atom. The minimum absolute atomic E-state index is 0.134. The van der Waals surface area contributed by atoms with Gasteiger partial charge in [0.2, 0.25) is 0 Å². The van der Waals surface area contributed by atoms with Crippen LogP contribution in [0.1, 0.15) is 12.1 Å². The summed E-state index contributed by atoms with van der Waals surface area (Å²) >= 11 is 1.21. The Hall–Kier alpha value is -1.82. The summed E-state index contributed by atoms with van der Waals surface area (Å²) in [6.45, 7) is 0. The number of aromatic nitrogens is 1. The van der Waals surface area contributed by atoms with Gasteiger partial charge in [-0.3, -0.25) is 4.79 Å². The fourth-order valence-corrected chi connectivity index (χ4v) is 2.41. The zero-order valence-electron chi connectivity index (χ0n) is 10.2. The van der Waals surface area contributed by atoms with Crippen molar-refractivity contribution in [3.8, 4) is 10.6 Å². The summed E-state index contributed by atoms with van der Waals surface area (Å²) in [4.78, 5) is 15.2. The quantitative estimate of drug-likeness (QED) is 0.809. The summed E-state index contributed by atoms with van der Waals surface area (Å²) in [7, 11) is 1.32. The van der Waals surface area contributed by atoms with Crippen LogP contribution in [0, 0.1) is 11.6 Å². The van der Waals surface area contributed by atoms with Crippen molar-refractivity contribution in [1.82, 2.24) is 4.98 Å². The Bertz CT molecular complexity index is 598. The molecule has 0 saturated carbocycles. The summed E-state index contributed by atoms with van der Waals surface area (Å²) in [5.41, 5.74) is 0.795. The third-order valence-corrected chi connectivity index (χ3v) is 3.45. The second kappa shape index (κ2) is 5.88. The van der Waals surface area contributed by atoms with Gasteiger partial charge in [0.1, 0.15) is 16.6 Å². The number of benzene rings is 1. The van der Waals surface area contributed by atoms with E-state index in [2.05, 4.69) is 9.72 Å². The molecule has 0 aliphatic heterocycles. The molecular formula is C13H11F2NO2S.